The van der Waals surface area contributed by atoms with Crippen LogP contribution < -0.4 is 0 Å². The van der Waals surface area contributed by atoms with E-state index in [1.54, 1.807) is 0 Å². The van der Waals surface area contributed by atoms with Crippen LogP contribution in [0.3, 0.4) is 0 Å². The summed E-state index contributed by atoms with van der Waals surface area (Å²) in [6.45, 7) is 6.60. The van der Waals surface area contributed by atoms with Gasteiger partial charge in [0, 0.05) is 18.2 Å². The van der Waals surface area contributed by atoms with Crippen molar-refractivity contribution in [1.29, 1.82) is 0 Å². The van der Waals surface area contributed by atoms with E-state index in [-0.39, 0.29) is 5.78 Å². The van der Waals surface area contributed by atoms with Gasteiger partial charge in [0.1, 0.15) is 5.71 Å². The Morgan fingerprint density at radius 3 is 1.77 bits per heavy atom. The van der Waals surface area contributed by atoms with Gasteiger partial charge in [-0.25, -0.2) is 0 Å². The standard InChI is InChI=1S/C18H22N2OSi/c1-20(22(2,3)4)19-17(15-11-7-5-8-12-15)18(21)16-13-9-6-10-14-16/h5-14H,1-4H3/b19-17+. The number of hydrazone groups is 1. The van der Waals surface area contributed by atoms with Gasteiger partial charge in [-0.3, -0.25) is 4.79 Å². The Bertz CT molecular complexity index is 660. The maximum Gasteiger partial charge on any atom is 0.213 e. The van der Waals surface area contributed by atoms with Crippen molar-refractivity contribution >= 4 is 19.7 Å². The van der Waals surface area contributed by atoms with Crippen molar-refractivity contribution in [3.05, 3.63) is 71.8 Å². The Kier molecular flexibility index (Phi) is 4.93. The average molecular weight is 310 g/mol. The summed E-state index contributed by atoms with van der Waals surface area (Å²) < 4.78 is 1.97. The Labute approximate surface area is 133 Å². The quantitative estimate of drug-likeness (QED) is 0.361. The van der Waals surface area contributed by atoms with Gasteiger partial charge in [0.2, 0.25) is 5.78 Å². The minimum atomic E-state index is -1.61. The third kappa shape index (κ3) is 3.92. The molecule has 0 radical (unpaired) electrons. The van der Waals surface area contributed by atoms with Crippen LogP contribution >= 0.6 is 0 Å². The highest BCUT2D eigenvalue weighted by Crippen LogP contribution is 2.13. The minimum absolute atomic E-state index is 0.0445. The van der Waals surface area contributed by atoms with Crippen molar-refractivity contribution in [2.45, 2.75) is 19.6 Å². The van der Waals surface area contributed by atoms with Crippen molar-refractivity contribution in [2.24, 2.45) is 5.10 Å². The smallest absolute Gasteiger partial charge is 0.213 e. The predicted octanol–water partition coefficient (Wildman–Crippen LogP) is 4.04. The molecular weight excluding hydrogens is 288 g/mol. The number of benzene rings is 2. The van der Waals surface area contributed by atoms with Gasteiger partial charge in [-0.05, 0) is 0 Å². The number of ketones is 1. The van der Waals surface area contributed by atoms with Crippen molar-refractivity contribution in [2.75, 3.05) is 7.05 Å². The van der Waals surface area contributed by atoms with Crippen molar-refractivity contribution in [3.63, 3.8) is 0 Å². The van der Waals surface area contributed by atoms with Gasteiger partial charge in [-0.1, -0.05) is 80.3 Å². The van der Waals surface area contributed by atoms with E-state index in [4.69, 9.17) is 0 Å². The van der Waals surface area contributed by atoms with E-state index in [0.717, 1.165) is 5.56 Å². The second-order valence-corrected chi connectivity index (χ2v) is 11.2. The van der Waals surface area contributed by atoms with E-state index in [1.165, 1.54) is 0 Å². The van der Waals surface area contributed by atoms with E-state index < -0.39 is 8.24 Å². The molecule has 3 nitrogen and oxygen atoms in total. The van der Waals surface area contributed by atoms with Crippen LogP contribution in [0.4, 0.5) is 0 Å². The average Bonchev–Trinajstić information content (AvgIpc) is 2.52. The fourth-order valence-corrected chi connectivity index (χ4v) is 2.26. The minimum Gasteiger partial charge on any atom is -0.327 e. The fourth-order valence-electron chi connectivity index (χ4n) is 1.86. The van der Waals surface area contributed by atoms with Gasteiger partial charge in [-0.2, -0.15) is 5.10 Å². The molecule has 0 bridgehead atoms. The molecule has 2 rings (SSSR count). The monoisotopic (exact) mass is 310 g/mol. The molecule has 0 fully saturated rings. The molecule has 22 heavy (non-hydrogen) atoms. The van der Waals surface area contributed by atoms with Crippen LogP contribution in [0, 0.1) is 0 Å². The third-order valence-electron chi connectivity index (χ3n) is 3.52. The molecule has 114 valence electrons. The van der Waals surface area contributed by atoms with Crippen molar-refractivity contribution in [3.8, 4) is 0 Å². The fraction of sp³-hybridized carbons (Fsp3) is 0.222. The molecule has 0 N–H and O–H groups in total. The largest absolute Gasteiger partial charge is 0.327 e. The van der Waals surface area contributed by atoms with E-state index in [1.807, 2.05) is 72.4 Å². The number of rotatable bonds is 5. The third-order valence-corrected chi connectivity index (χ3v) is 5.56. The lowest BCUT2D eigenvalue weighted by atomic mass is 10.0. The molecule has 0 aliphatic rings. The molecule has 4 heteroatoms. The van der Waals surface area contributed by atoms with E-state index in [2.05, 4.69) is 24.7 Å². The van der Waals surface area contributed by atoms with Crippen LogP contribution in [-0.4, -0.2) is 31.5 Å². The maximum absolute atomic E-state index is 12.9. The van der Waals surface area contributed by atoms with Gasteiger partial charge in [0.05, 0.1) is 0 Å². The van der Waals surface area contributed by atoms with Crippen LogP contribution in [0.2, 0.25) is 19.6 Å². The molecule has 2 aromatic rings. The Balaban J connectivity index is 2.47. The predicted molar refractivity (Wildman–Crippen MR) is 94.9 cm³/mol. The molecule has 0 aromatic heterocycles. The Morgan fingerprint density at radius 1 is 0.864 bits per heavy atom. The van der Waals surface area contributed by atoms with E-state index in [0.29, 0.717) is 11.3 Å². The number of hydrogen-bond donors (Lipinski definition) is 0. The highest BCUT2D eigenvalue weighted by Gasteiger charge is 2.23. The molecule has 0 saturated heterocycles. The first kappa shape index (κ1) is 16.2. The molecule has 0 unspecified atom stereocenters. The number of carbonyl (C=O) groups excluding carboxylic acids is 1. The molecule has 0 heterocycles. The number of nitrogens with zero attached hydrogens (tertiary/aromatic N) is 2. The lowest BCUT2D eigenvalue weighted by molar-refractivity contribution is 0.106. The summed E-state index contributed by atoms with van der Waals surface area (Å²) in [7, 11) is 0.342. The number of hydrogen-bond acceptors (Lipinski definition) is 3. The lowest BCUT2D eigenvalue weighted by Crippen LogP contribution is -2.40. The van der Waals surface area contributed by atoms with E-state index >= 15 is 0 Å². The number of Topliss-reactive ketones (excluding diaryl/α,β-unsaturated/α-hetero) is 1. The van der Waals surface area contributed by atoms with Gasteiger partial charge in [0.15, 0.2) is 8.24 Å². The summed E-state index contributed by atoms with van der Waals surface area (Å²) in [5.41, 5.74) is 2.01. The molecular formula is C18H22N2OSi. The summed E-state index contributed by atoms with van der Waals surface area (Å²) >= 11 is 0. The molecule has 2 aromatic carbocycles. The highest BCUT2D eigenvalue weighted by molar-refractivity contribution is 6.73. The molecule has 0 aliphatic heterocycles. The molecule has 0 spiro atoms. The SMILES string of the molecule is CN(/N=C(/C(=O)c1ccccc1)c1ccccc1)[Si](C)(C)C. The van der Waals surface area contributed by atoms with Gasteiger partial charge in [0.25, 0.3) is 0 Å². The zero-order valence-electron chi connectivity index (χ0n) is 13.6. The molecule has 0 atom stereocenters. The summed E-state index contributed by atoms with van der Waals surface area (Å²) in [4.78, 5) is 12.9. The van der Waals surface area contributed by atoms with Crippen molar-refractivity contribution < 1.29 is 4.79 Å². The van der Waals surface area contributed by atoms with Crippen LogP contribution in [0.25, 0.3) is 0 Å². The van der Waals surface area contributed by atoms with Crippen LogP contribution in [0.1, 0.15) is 15.9 Å². The van der Waals surface area contributed by atoms with E-state index in [9.17, 15) is 4.79 Å². The summed E-state index contributed by atoms with van der Waals surface area (Å²) in [6.07, 6.45) is 0. The zero-order chi connectivity index (χ0) is 16.2. The lowest BCUT2D eigenvalue weighted by Gasteiger charge is -2.28. The van der Waals surface area contributed by atoms with Gasteiger partial charge >= 0.3 is 0 Å². The van der Waals surface area contributed by atoms with Crippen LogP contribution in [0.15, 0.2) is 65.8 Å². The maximum atomic E-state index is 12.9. The normalized spacial score (nSPS) is 12.1. The Morgan fingerprint density at radius 2 is 1.32 bits per heavy atom. The van der Waals surface area contributed by atoms with Gasteiger partial charge in [-0.15, -0.1) is 0 Å². The molecule has 0 amide bonds. The topological polar surface area (TPSA) is 32.7 Å². The van der Waals surface area contributed by atoms with Gasteiger partial charge < -0.3 is 4.67 Å². The van der Waals surface area contributed by atoms with Crippen LogP contribution in [-0.2, 0) is 0 Å². The second kappa shape index (κ2) is 6.71. The van der Waals surface area contributed by atoms with Crippen molar-refractivity contribution in [1.82, 2.24) is 4.67 Å². The second-order valence-electron chi connectivity index (χ2n) is 6.20. The first-order valence-corrected chi connectivity index (χ1v) is 10.8. The Hall–Kier alpha value is -2.20. The first-order valence-electron chi connectivity index (χ1n) is 7.37. The van der Waals surface area contributed by atoms with Crippen LogP contribution in [0.5, 0.6) is 0 Å². The molecule has 0 aliphatic carbocycles. The number of carbonyl (C=O) groups is 1. The summed E-state index contributed by atoms with van der Waals surface area (Å²) in [6, 6.07) is 19.0. The molecule has 0 saturated carbocycles. The summed E-state index contributed by atoms with van der Waals surface area (Å²) in [5.74, 6) is -0.0445. The zero-order valence-corrected chi connectivity index (χ0v) is 14.6. The first-order chi connectivity index (χ1) is 10.4. The highest BCUT2D eigenvalue weighted by atomic mass is 28.3. The summed E-state index contributed by atoms with van der Waals surface area (Å²) in [5, 5.41) is 4.66.